The van der Waals surface area contributed by atoms with Crippen molar-refractivity contribution in [1.29, 1.82) is 0 Å². The van der Waals surface area contributed by atoms with Crippen molar-refractivity contribution in [2.45, 2.75) is 40.0 Å². The topological polar surface area (TPSA) is 83.7 Å². The first-order chi connectivity index (χ1) is 15.0. The molecule has 0 spiro atoms. The van der Waals surface area contributed by atoms with E-state index in [1.165, 1.54) is 0 Å². The molecule has 1 aliphatic rings. The molecule has 3 aromatic rings. The summed E-state index contributed by atoms with van der Waals surface area (Å²) in [5.74, 6) is 0.472. The Bertz CT molecular complexity index is 1180. The van der Waals surface area contributed by atoms with Crippen molar-refractivity contribution in [3.05, 3.63) is 87.9 Å². The van der Waals surface area contributed by atoms with Crippen molar-refractivity contribution in [3.8, 4) is 0 Å². The van der Waals surface area contributed by atoms with E-state index in [0.29, 0.717) is 12.0 Å². The number of nitrogens with one attached hydrogen (secondary N) is 2. The van der Waals surface area contributed by atoms with E-state index in [1.54, 1.807) is 12.1 Å². The van der Waals surface area contributed by atoms with Gasteiger partial charge in [0.15, 0.2) is 5.76 Å². The van der Waals surface area contributed by atoms with Gasteiger partial charge in [0.1, 0.15) is 5.76 Å². The number of fused-ring (bicyclic) bond motifs is 1. The third kappa shape index (κ3) is 4.14. The number of rotatable bonds is 4. The molecule has 0 unspecified atom stereocenters. The molecule has 0 saturated carbocycles. The Kier molecular flexibility index (Phi) is 5.71. The predicted molar refractivity (Wildman–Crippen MR) is 121 cm³/mol. The molecule has 6 nitrogen and oxygen atoms in total. The fourth-order valence-electron chi connectivity index (χ4n) is 3.83. The molecule has 158 valence electrons. The van der Waals surface area contributed by atoms with Gasteiger partial charge in [-0.1, -0.05) is 30.3 Å². The molecule has 0 fully saturated rings. The number of anilines is 1. The van der Waals surface area contributed by atoms with Gasteiger partial charge in [-0.2, -0.15) is 5.10 Å². The zero-order valence-corrected chi connectivity index (χ0v) is 17.9. The summed E-state index contributed by atoms with van der Waals surface area (Å²) >= 11 is 0. The number of hydrogen-bond acceptors (Lipinski definition) is 4. The minimum Gasteiger partial charge on any atom is -0.455 e. The zero-order chi connectivity index (χ0) is 22.0. The summed E-state index contributed by atoms with van der Waals surface area (Å²) in [7, 11) is 0. The highest BCUT2D eigenvalue weighted by molar-refractivity contribution is 6.09. The standard InChI is InChI=1S/C25H25N3O3/c1-15-9-7-12-19(16(15)2)26-25(30)23-17(3)22-20(13-8-14-21(22)31-23)27-28-24(29)18-10-5-4-6-11-18/h4-7,9-12H,8,13-14H2,1-3H3,(H,26,30)(H,28,29)/b27-20+. The molecule has 1 aliphatic carbocycles. The van der Waals surface area contributed by atoms with E-state index in [9.17, 15) is 9.59 Å². The van der Waals surface area contributed by atoms with Gasteiger partial charge in [-0.05, 0) is 62.9 Å². The second-order valence-electron chi connectivity index (χ2n) is 7.77. The van der Waals surface area contributed by atoms with E-state index in [2.05, 4.69) is 15.8 Å². The number of hydrazone groups is 1. The van der Waals surface area contributed by atoms with Crippen LogP contribution in [0, 0.1) is 20.8 Å². The van der Waals surface area contributed by atoms with E-state index in [-0.39, 0.29) is 17.6 Å². The Morgan fingerprint density at radius 1 is 0.903 bits per heavy atom. The molecule has 1 heterocycles. The van der Waals surface area contributed by atoms with Crippen molar-refractivity contribution < 1.29 is 14.0 Å². The summed E-state index contributed by atoms with van der Waals surface area (Å²) in [5, 5.41) is 7.33. The maximum Gasteiger partial charge on any atom is 0.291 e. The highest BCUT2D eigenvalue weighted by atomic mass is 16.4. The number of hydrogen-bond donors (Lipinski definition) is 2. The maximum atomic E-state index is 13.0. The van der Waals surface area contributed by atoms with Crippen molar-refractivity contribution >= 4 is 23.2 Å². The summed E-state index contributed by atoms with van der Waals surface area (Å²) in [4.78, 5) is 25.3. The van der Waals surface area contributed by atoms with Crippen LogP contribution < -0.4 is 10.7 Å². The quantitative estimate of drug-likeness (QED) is 0.593. The number of furan rings is 1. The molecule has 0 aliphatic heterocycles. The van der Waals surface area contributed by atoms with Crippen LogP contribution in [0.15, 0.2) is 58.0 Å². The van der Waals surface area contributed by atoms with E-state index in [1.807, 2.05) is 57.2 Å². The van der Waals surface area contributed by atoms with Crippen molar-refractivity contribution in [1.82, 2.24) is 5.43 Å². The summed E-state index contributed by atoms with van der Waals surface area (Å²) in [6, 6.07) is 14.7. The lowest BCUT2D eigenvalue weighted by Gasteiger charge is -2.13. The van der Waals surface area contributed by atoms with Crippen molar-refractivity contribution in [2.75, 3.05) is 5.32 Å². The number of nitrogens with zero attached hydrogens (tertiary/aromatic N) is 1. The van der Waals surface area contributed by atoms with Crippen LogP contribution in [0.4, 0.5) is 5.69 Å². The fourth-order valence-corrected chi connectivity index (χ4v) is 3.83. The second kappa shape index (κ2) is 8.60. The molecule has 0 bridgehead atoms. The van der Waals surface area contributed by atoms with Crippen LogP contribution in [0.5, 0.6) is 0 Å². The second-order valence-corrected chi connectivity index (χ2v) is 7.77. The smallest absolute Gasteiger partial charge is 0.291 e. The van der Waals surface area contributed by atoms with Gasteiger partial charge in [0.2, 0.25) is 0 Å². The first-order valence-corrected chi connectivity index (χ1v) is 10.4. The molecule has 1 aromatic heterocycles. The molecule has 2 amide bonds. The lowest BCUT2D eigenvalue weighted by atomic mass is 9.93. The average molecular weight is 415 g/mol. The SMILES string of the molecule is Cc1cccc(NC(=O)c2oc3c(c2C)/C(=N/NC(=O)c2ccccc2)CCC3)c1C. The highest BCUT2D eigenvalue weighted by Gasteiger charge is 2.28. The van der Waals surface area contributed by atoms with Crippen LogP contribution in [0.25, 0.3) is 0 Å². The average Bonchev–Trinajstić information content (AvgIpc) is 3.13. The Morgan fingerprint density at radius 3 is 2.45 bits per heavy atom. The number of aryl methyl sites for hydroxylation is 2. The van der Waals surface area contributed by atoms with Gasteiger partial charge in [0, 0.05) is 28.8 Å². The van der Waals surface area contributed by atoms with E-state index in [0.717, 1.165) is 52.3 Å². The zero-order valence-electron chi connectivity index (χ0n) is 17.9. The molecule has 2 N–H and O–H groups in total. The monoisotopic (exact) mass is 415 g/mol. The molecule has 4 rings (SSSR count). The Hall–Kier alpha value is -3.67. The molecule has 2 aromatic carbocycles. The molecule has 0 atom stereocenters. The fraction of sp³-hybridized carbons (Fsp3) is 0.240. The molecule has 6 heteroatoms. The highest BCUT2D eigenvalue weighted by Crippen LogP contribution is 2.30. The first kappa shape index (κ1) is 20.6. The normalized spacial score (nSPS) is 14.2. The molecule has 0 saturated heterocycles. The van der Waals surface area contributed by atoms with Crippen LogP contribution >= 0.6 is 0 Å². The first-order valence-electron chi connectivity index (χ1n) is 10.4. The maximum absolute atomic E-state index is 13.0. The van der Waals surface area contributed by atoms with Gasteiger partial charge in [-0.25, -0.2) is 5.43 Å². The third-order valence-corrected chi connectivity index (χ3v) is 5.71. The van der Waals surface area contributed by atoms with Gasteiger partial charge < -0.3 is 9.73 Å². The summed E-state index contributed by atoms with van der Waals surface area (Å²) < 4.78 is 5.96. The van der Waals surface area contributed by atoms with Crippen LogP contribution in [0.1, 0.15) is 61.8 Å². The number of amides is 2. The van der Waals surface area contributed by atoms with Crippen LogP contribution in [0.3, 0.4) is 0 Å². The number of carbonyl (C=O) groups excluding carboxylic acids is 2. The van der Waals surface area contributed by atoms with E-state index < -0.39 is 0 Å². The Balaban J connectivity index is 1.59. The number of carbonyl (C=O) groups is 2. The van der Waals surface area contributed by atoms with Gasteiger partial charge in [0.25, 0.3) is 11.8 Å². The van der Waals surface area contributed by atoms with Gasteiger partial charge in [0.05, 0.1) is 5.71 Å². The molecular weight excluding hydrogens is 390 g/mol. The van der Waals surface area contributed by atoms with E-state index in [4.69, 9.17) is 4.42 Å². The van der Waals surface area contributed by atoms with E-state index >= 15 is 0 Å². The predicted octanol–water partition coefficient (Wildman–Crippen LogP) is 4.93. The summed E-state index contributed by atoms with van der Waals surface area (Å²) in [6.45, 7) is 5.85. The van der Waals surface area contributed by atoms with Crippen LogP contribution in [-0.4, -0.2) is 17.5 Å². The lowest BCUT2D eigenvalue weighted by molar-refractivity contribution is 0.0953. The molecule has 31 heavy (non-hydrogen) atoms. The Labute approximate surface area is 181 Å². The minimum absolute atomic E-state index is 0.269. The summed E-state index contributed by atoms with van der Waals surface area (Å²) in [5.41, 5.74) is 8.38. The molecule has 0 radical (unpaired) electrons. The van der Waals surface area contributed by atoms with Crippen LogP contribution in [0.2, 0.25) is 0 Å². The lowest BCUT2D eigenvalue weighted by Crippen LogP contribution is -2.22. The molecular formula is C25H25N3O3. The van der Waals surface area contributed by atoms with Crippen molar-refractivity contribution in [2.24, 2.45) is 5.10 Å². The van der Waals surface area contributed by atoms with Gasteiger partial charge in [-0.3, -0.25) is 9.59 Å². The minimum atomic E-state index is -0.284. The number of benzene rings is 2. The van der Waals surface area contributed by atoms with Gasteiger partial charge in [-0.15, -0.1) is 0 Å². The summed E-state index contributed by atoms with van der Waals surface area (Å²) in [6.07, 6.45) is 2.29. The largest absolute Gasteiger partial charge is 0.455 e. The van der Waals surface area contributed by atoms with Gasteiger partial charge >= 0.3 is 0 Å². The van der Waals surface area contributed by atoms with Crippen molar-refractivity contribution in [3.63, 3.8) is 0 Å². The Morgan fingerprint density at radius 2 is 1.68 bits per heavy atom. The van der Waals surface area contributed by atoms with Crippen LogP contribution in [-0.2, 0) is 6.42 Å². The third-order valence-electron chi connectivity index (χ3n) is 5.71.